The van der Waals surface area contributed by atoms with Crippen molar-refractivity contribution >= 4 is 71.9 Å². The van der Waals surface area contributed by atoms with Gasteiger partial charge in [0.1, 0.15) is 16.7 Å². The summed E-state index contributed by atoms with van der Waals surface area (Å²) in [7, 11) is 0. The van der Waals surface area contributed by atoms with Crippen molar-refractivity contribution in [3.8, 4) is 28.3 Å². The molecule has 0 bridgehead atoms. The molecule has 0 atom stereocenters. The molecule has 8 aromatic carbocycles. The van der Waals surface area contributed by atoms with Gasteiger partial charge in [-0.3, -0.25) is 0 Å². The molecule has 54 heavy (non-hydrogen) atoms. The summed E-state index contributed by atoms with van der Waals surface area (Å²) in [5.74, 6) is 0.594. The van der Waals surface area contributed by atoms with Crippen LogP contribution in [0.1, 0.15) is 0 Å². The highest BCUT2D eigenvalue weighted by Crippen LogP contribution is 2.46. The zero-order valence-electron chi connectivity index (χ0n) is 29.1. The van der Waals surface area contributed by atoms with Crippen LogP contribution in [0.4, 0.5) is 17.1 Å². The predicted octanol–water partition coefficient (Wildman–Crippen LogP) is 13.6. The summed E-state index contributed by atoms with van der Waals surface area (Å²) in [6, 6.07) is 65.7. The lowest BCUT2D eigenvalue weighted by atomic mass is 10.0. The van der Waals surface area contributed by atoms with Gasteiger partial charge in [-0.25, -0.2) is 4.98 Å². The standard InChI is InChI=1S/C49H31N3O2/c1-4-14-32(15-5-1)34-18-12-21-36(30-34)51(41-24-13-25-42-46(41)38-22-10-11-23-40(38)52(42)35-19-8-3-9-20-35)37-26-27-39-45(31-37)53-43-28-29-44-48(47(39)43)50-49(54-44)33-16-6-2-7-17-33/h1-31H. The molecule has 0 unspecified atom stereocenters. The second-order valence-corrected chi connectivity index (χ2v) is 13.6. The zero-order chi connectivity index (χ0) is 35.6. The Kier molecular flexibility index (Phi) is 6.79. The molecule has 0 saturated heterocycles. The lowest BCUT2D eigenvalue weighted by Gasteiger charge is -2.27. The molecule has 3 heterocycles. The minimum atomic E-state index is 0.594. The summed E-state index contributed by atoms with van der Waals surface area (Å²) < 4.78 is 15.3. The summed E-state index contributed by atoms with van der Waals surface area (Å²) in [5, 5.41) is 4.29. The Morgan fingerprint density at radius 3 is 1.93 bits per heavy atom. The minimum Gasteiger partial charge on any atom is -0.456 e. The molecule has 0 aliphatic carbocycles. The normalized spacial score (nSPS) is 11.7. The molecule has 0 aliphatic heterocycles. The molecule has 0 saturated carbocycles. The third-order valence-electron chi connectivity index (χ3n) is 10.4. The van der Waals surface area contributed by atoms with Crippen molar-refractivity contribution in [2.45, 2.75) is 0 Å². The number of aromatic nitrogens is 2. The monoisotopic (exact) mass is 693 g/mol. The third kappa shape index (κ3) is 4.76. The van der Waals surface area contributed by atoms with Crippen LogP contribution in [0.25, 0.3) is 83.1 Å². The third-order valence-corrected chi connectivity index (χ3v) is 10.4. The van der Waals surface area contributed by atoms with E-state index in [4.69, 9.17) is 13.8 Å². The Bertz CT molecular complexity index is 3160. The second-order valence-electron chi connectivity index (χ2n) is 13.6. The summed E-state index contributed by atoms with van der Waals surface area (Å²) in [5.41, 5.74) is 12.8. The van der Waals surface area contributed by atoms with E-state index in [0.717, 1.165) is 83.5 Å². The lowest BCUT2D eigenvalue weighted by molar-refractivity contribution is 0.619. The number of benzene rings is 8. The minimum absolute atomic E-state index is 0.594. The predicted molar refractivity (Wildman–Crippen MR) is 221 cm³/mol. The van der Waals surface area contributed by atoms with Crippen LogP contribution in [0.15, 0.2) is 197 Å². The van der Waals surface area contributed by atoms with E-state index >= 15 is 0 Å². The first kappa shape index (κ1) is 30.3. The van der Waals surface area contributed by atoms with Gasteiger partial charge in [0.15, 0.2) is 5.58 Å². The highest BCUT2D eigenvalue weighted by Gasteiger charge is 2.23. The lowest BCUT2D eigenvalue weighted by Crippen LogP contribution is -2.10. The van der Waals surface area contributed by atoms with Gasteiger partial charge in [0, 0.05) is 44.9 Å². The van der Waals surface area contributed by atoms with E-state index in [1.165, 1.54) is 10.8 Å². The van der Waals surface area contributed by atoms with E-state index in [1.54, 1.807) is 0 Å². The van der Waals surface area contributed by atoms with Crippen LogP contribution >= 0.6 is 0 Å². The van der Waals surface area contributed by atoms with Crippen LogP contribution in [0.2, 0.25) is 0 Å². The molecule has 0 spiro atoms. The molecule has 11 aromatic rings. The Balaban J connectivity index is 1.16. The molecule has 11 rings (SSSR count). The molecule has 0 amide bonds. The molecule has 0 fully saturated rings. The molecule has 0 radical (unpaired) electrons. The molecular weight excluding hydrogens is 663 g/mol. The van der Waals surface area contributed by atoms with Gasteiger partial charge in [0.05, 0.1) is 22.1 Å². The SMILES string of the molecule is c1ccc(-c2cccc(N(c3ccc4c(c3)oc3ccc5oc(-c6ccccc6)nc5c34)c3cccc4c3c3ccccc3n4-c3ccccc3)c2)cc1. The van der Waals surface area contributed by atoms with E-state index in [2.05, 4.69) is 155 Å². The first-order valence-corrected chi connectivity index (χ1v) is 18.1. The van der Waals surface area contributed by atoms with E-state index in [-0.39, 0.29) is 0 Å². The number of nitrogens with zero attached hydrogens (tertiary/aromatic N) is 3. The quantitative estimate of drug-likeness (QED) is 0.174. The van der Waals surface area contributed by atoms with E-state index in [9.17, 15) is 0 Å². The van der Waals surface area contributed by atoms with Crippen LogP contribution in [0, 0.1) is 0 Å². The number of para-hydroxylation sites is 2. The van der Waals surface area contributed by atoms with E-state index in [0.29, 0.717) is 5.89 Å². The summed E-state index contributed by atoms with van der Waals surface area (Å²) in [6.07, 6.45) is 0. The highest BCUT2D eigenvalue weighted by molar-refractivity contribution is 6.19. The van der Waals surface area contributed by atoms with Crippen molar-refractivity contribution in [1.29, 1.82) is 0 Å². The number of fused-ring (bicyclic) bond motifs is 8. The van der Waals surface area contributed by atoms with E-state index < -0.39 is 0 Å². The van der Waals surface area contributed by atoms with Crippen molar-refractivity contribution in [2.75, 3.05) is 4.90 Å². The fourth-order valence-corrected chi connectivity index (χ4v) is 8.01. The summed E-state index contributed by atoms with van der Waals surface area (Å²) >= 11 is 0. The number of hydrogen-bond acceptors (Lipinski definition) is 4. The van der Waals surface area contributed by atoms with Crippen LogP contribution in [-0.4, -0.2) is 9.55 Å². The van der Waals surface area contributed by atoms with Crippen molar-refractivity contribution in [3.63, 3.8) is 0 Å². The number of anilines is 3. The molecule has 254 valence electrons. The number of rotatable bonds is 6. The van der Waals surface area contributed by atoms with Gasteiger partial charge in [-0.05, 0) is 90.0 Å². The molecule has 5 heteroatoms. The summed E-state index contributed by atoms with van der Waals surface area (Å²) in [6.45, 7) is 0. The smallest absolute Gasteiger partial charge is 0.227 e. The average molecular weight is 694 g/mol. The molecule has 5 nitrogen and oxygen atoms in total. The van der Waals surface area contributed by atoms with Crippen LogP contribution in [0.5, 0.6) is 0 Å². The maximum absolute atomic E-state index is 6.64. The van der Waals surface area contributed by atoms with Crippen molar-refractivity contribution < 1.29 is 8.83 Å². The van der Waals surface area contributed by atoms with Crippen LogP contribution in [0.3, 0.4) is 0 Å². The maximum atomic E-state index is 6.64. The van der Waals surface area contributed by atoms with Crippen molar-refractivity contribution in [3.05, 3.63) is 188 Å². The van der Waals surface area contributed by atoms with Gasteiger partial charge >= 0.3 is 0 Å². The first-order chi connectivity index (χ1) is 26.8. The van der Waals surface area contributed by atoms with E-state index in [1.807, 2.05) is 42.5 Å². The highest BCUT2D eigenvalue weighted by atomic mass is 16.4. The van der Waals surface area contributed by atoms with Gasteiger partial charge in [0.2, 0.25) is 5.89 Å². The Morgan fingerprint density at radius 1 is 0.426 bits per heavy atom. The topological polar surface area (TPSA) is 47.3 Å². The molecule has 3 aromatic heterocycles. The number of hydrogen-bond donors (Lipinski definition) is 0. The van der Waals surface area contributed by atoms with Crippen LogP contribution < -0.4 is 4.90 Å². The molecular formula is C49H31N3O2. The Labute approximate surface area is 310 Å². The van der Waals surface area contributed by atoms with Gasteiger partial charge in [0.25, 0.3) is 0 Å². The van der Waals surface area contributed by atoms with Gasteiger partial charge in [-0.2, -0.15) is 0 Å². The Morgan fingerprint density at radius 2 is 1.09 bits per heavy atom. The van der Waals surface area contributed by atoms with Crippen molar-refractivity contribution in [1.82, 2.24) is 9.55 Å². The van der Waals surface area contributed by atoms with Crippen molar-refractivity contribution in [2.24, 2.45) is 0 Å². The van der Waals surface area contributed by atoms with Gasteiger partial charge < -0.3 is 18.3 Å². The maximum Gasteiger partial charge on any atom is 0.227 e. The molecule has 0 aliphatic rings. The number of furan rings is 1. The number of oxazole rings is 1. The van der Waals surface area contributed by atoms with Gasteiger partial charge in [-0.1, -0.05) is 103 Å². The zero-order valence-corrected chi connectivity index (χ0v) is 29.1. The first-order valence-electron chi connectivity index (χ1n) is 18.1. The van der Waals surface area contributed by atoms with Crippen LogP contribution in [-0.2, 0) is 0 Å². The van der Waals surface area contributed by atoms with Gasteiger partial charge in [-0.15, -0.1) is 0 Å². The molecule has 0 N–H and O–H groups in total. The average Bonchev–Trinajstić information content (AvgIpc) is 3.94. The fraction of sp³-hybridized carbons (Fsp3) is 0. The largest absolute Gasteiger partial charge is 0.456 e. The summed E-state index contributed by atoms with van der Waals surface area (Å²) in [4.78, 5) is 7.34. The Hall–Kier alpha value is -7.37. The second kappa shape index (κ2) is 12.1. The fourth-order valence-electron chi connectivity index (χ4n) is 8.01.